The maximum absolute atomic E-state index is 11.1. The smallest absolute Gasteiger partial charge is 0.273 e. The van der Waals surface area contributed by atoms with Gasteiger partial charge in [-0.2, -0.15) is 0 Å². The number of benzene rings is 1. The fourth-order valence-electron chi connectivity index (χ4n) is 2.77. The highest BCUT2D eigenvalue weighted by atomic mass is 35.5. The second-order valence-electron chi connectivity index (χ2n) is 5.13. The van der Waals surface area contributed by atoms with Crippen LogP contribution in [-0.2, 0) is 11.3 Å². The van der Waals surface area contributed by atoms with Gasteiger partial charge in [0, 0.05) is 44.4 Å². The van der Waals surface area contributed by atoms with Crippen LogP contribution in [0.2, 0.25) is 0 Å². The summed E-state index contributed by atoms with van der Waals surface area (Å²) in [5, 5.41) is 11.1. The van der Waals surface area contributed by atoms with Crippen LogP contribution in [-0.4, -0.2) is 42.2 Å². The average Bonchev–Trinajstić information content (AvgIpc) is 2.48. The Morgan fingerprint density at radius 3 is 2.81 bits per heavy atom. The van der Waals surface area contributed by atoms with Gasteiger partial charge in [0.15, 0.2) is 0 Å². The predicted octanol–water partition coefficient (Wildman–Crippen LogP) is 1.95. The largest absolute Gasteiger partial charge is 0.381 e. The summed E-state index contributed by atoms with van der Waals surface area (Å²) < 4.78 is 5.39. The topological polar surface area (TPSA) is 81.6 Å². The Morgan fingerprint density at radius 1 is 1.48 bits per heavy atom. The molecule has 2 rings (SSSR count). The molecule has 1 aromatic rings. The van der Waals surface area contributed by atoms with Crippen LogP contribution < -0.4 is 5.73 Å². The van der Waals surface area contributed by atoms with E-state index in [4.69, 9.17) is 10.5 Å². The van der Waals surface area contributed by atoms with Crippen molar-refractivity contribution < 1.29 is 9.66 Å². The van der Waals surface area contributed by atoms with Crippen LogP contribution in [0, 0.1) is 10.1 Å². The maximum Gasteiger partial charge on any atom is 0.273 e. The van der Waals surface area contributed by atoms with E-state index in [0.29, 0.717) is 13.1 Å². The van der Waals surface area contributed by atoms with E-state index in [1.165, 1.54) is 0 Å². The van der Waals surface area contributed by atoms with Gasteiger partial charge in [0.2, 0.25) is 0 Å². The first kappa shape index (κ1) is 17.8. The molecule has 7 heteroatoms. The number of piperidine rings is 1. The summed E-state index contributed by atoms with van der Waals surface area (Å²) in [6.07, 6.45) is 2.06. The summed E-state index contributed by atoms with van der Waals surface area (Å²) >= 11 is 0. The molecule has 1 fully saturated rings. The van der Waals surface area contributed by atoms with Gasteiger partial charge < -0.3 is 10.5 Å². The minimum Gasteiger partial charge on any atom is -0.381 e. The molecule has 0 aromatic heterocycles. The minimum absolute atomic E-state index is 0. The number of likely N-dealkylation sites (tertiary alicyclic amines) is 1. The second-order valence-corrected chi connectivity index (χ2v) is 5.13. The van der Waals surface area contributed by atoms with Crippen molar-refractivity contribution >= 4 is 18.1 Å². The van der Waals surface area contributed by atoms with Gasteiger partial charge in [0.05, 0.1) is 11.0 Å². The standard InChI is InChI=1S/C14H21N3O3.ClH/c1-20-13-6-7-16(12(8-13)9-15)10-11-4-2-3-5-14(11)17(18)19;/h2-5,12-13H,6-10,15H2,1H3;1H. The Morgan fingerprint density at radius 2 is 2.19 bits per heavy atom. The number of hydrogen-bond acceptors (Lipinski definition) is 5. The predicted molar refractivity (Wildman–Crippen MR) is 83.6 cm³/mol. The second kappa shape index (κ2) is 8.29. The number of ether oxygens (including phenoxy) is 1. The molecule has 1 saturated heterocycles. The van der Waals surface area contributed by atoms with Crippen molar-refractivity contribution in [1.82, 2.24) is 4.90 Å². The van der Waals surface area contributed by atoms with Crippen molar-refractivity contribution in [3.05, 3.63) is 39.9 Å². The monoisotopic (exact) mass is 315 g/mol. The summed E-state index contributed by atoms with van der Waals surface area (Å²) in [6.45, 7) is 1.96. The first-order chi connectivity index (χ1) is 9.65. The zero-order chi connectivity index (χ0) is 14.5. The summed E-state index contributed by atoms with van der Waals surface area (Å²) in [7, 11) is 1.72. The van der Waals surface area contributed by atoms with Crippen LogP contribution in [0.5, 0.6) is 0 Å². The van der Waals surface area contributed by atoms with Gasteiger partial charge in [-0.25, -0.2) is 0 Å². The van der Waals surface area contributed by atoms with E-state index in [2.05, 4.69) is 4.90 Å². The number of nitro groups is 1. The molecule has 0 amide bonds. The molecule has 1 aliphatic heterocycles. The van der Waals surface area contributed by atoms with Crippen molar-refractivity contribution in [2.75, 3.05) is 20.2 Å². The number of nitrogens with two attached hydrogens (primary N) is 1. The Hall–Kier alpha value is -1.21. The lowest BCUT2D eigenvalue weighted by atomic mass is 9.98. The molecule has 118 valence electrons. The molecule has 0 aliphatic carbocycles. The quantitative estimate of drug-likeness (QED) is 0.663. The van der Waals surface area contributed by atoms with Gasteiger partial charge in [0.25, 0.3) is 5.69 Å². The van der Waals surface area contributed by atoms with Crippen molar-refractivity contribution in [2.24, 2.45) is 5.73 Å². The first-order valence-corrected chi connectivity index (χ1v) is 6.85. The SMILES string of the molecule is COC1CCN(Cc2ccccc2[N+](=O)[O-])C(CN)C1.Cl. The van der Waals surface area contributed by atoms with Gasteiger partial charge in [-0.15, -0.1) is 12.4 Å². The number of nitro benzene ring substituents is 1. The molecule has 0 spiro atoms. The Balaban J connectivity index is 0.00000220. The third kappa shape index (κ3) is 4.38. The maximum atomic E-state index is 11.1. The third-order valence-electron chi connectivity index (χ3n) is 3.96. The average molecular weight is 316 g/mol. The molecule has 2 unspecified atom stereocenters. The highest BCUT2D eigenvalue weighted by Crippen LogP contribution is 2.25. The molecule has 1 aliphatic rings. The van der Waals surface area contributed by atoms with Crippen LogP contribution in [0.25, 0.3) is 0 Å². The fraction of sp³-hybridized carbons (Fsp3) is 0.571. The number of methoxy groups -OCH3 is 1. The number of rotatable bonds is 5. The van der Waals surface area contributed by atoms with E-state index in [9.17, 15) is 10.1 Å². The highest BCUT2D eigenvalue weighted by Gasteiger charge is 2.28. The van der Waals surface area contributed by atoms with E-state index in [0.717, 1.165) is 24.9 Å². The number of nitrogens with zero attached hydrogens (tertiary/aromatic N) is 2. The molecule has 21 heavy (non-hydrogen) atoms. The Bertz CT molecular complexity index is 473. The number of halogens is 1. The molecular formula is C14H22ClN3O3. The lowest BCUT2D eigenvalue weighted by Crippen LogP contribution is -2.48. The van der Waals surface area contributed by atoms with Crippen LogP contribution >= 0.6 is 12.4 Å². The third-order valence-corrected chi connectivity index (χ3v) is 3.96. The number of para-hydroxylation sites is 1. The lowest BCUT2D eigenvalue weighted by molar-refractivity contribution is -0.385. The van der Waals surface area contributed by atoms with Crippen LogP contribution in [0.15, 0.2) is 24.3 Å². The zero-order valence-corrected chi connectivity index (χ0v) is 12.9. The first-order valence-electron chi connectivity index (χ1n) is 6.85. The summed E-state index contributed by atoms with van der Waals surface area (Å²) in [4.78, 5) is 13.0. The lowest BCUT2D eigenvalue weighted by Gasteiger charge is -2.38. The molecule has 6 nitrogen and oxygen atoms in total. The minimum atomic E-state index is -0.325. The van der Waals surface area contributed by atoms with Gasteiger partial charge in [-0.3, -0.25) is 15.0 Å². The van der Waals surface area contributed by atoms with Crippen LogP contribution in [0.4, 0.5) is 5.69 Å². The van der Waals surface area contributed by atoms with E-state index < -0.39 is 0 Å². The summed E-state index contributed by atoms with van der Waals surface area (Å²) in [6, 6.07) is 7.11. The molecule has 1 aromatic carbocycles. The van der Waals surface area contributed by atoms with Crippen molar-refractivity contribution in [3.8, 4) is 0 Å². The van der Waals surface area contributed by atoms with Crippen molar-refractivity contribution in [2.45, 2.75) is 31.5 Å². The van der Waals surface area contributed by atoms with Gasteiger partial charge in [0.1, 0.15) is 0 Å². The summed E-state index contributed by atoms with van der Waals surface area (Å²) in [5.41, 5.74) is 6.75. The van der Waals surface area contributed by atoms with Crippen LogP contribution in [0.1, 0.15) is 18.4 Å². The van der Waals surface area contributed by atoms with E-state index in [-0.39, 0.29) is 35.2 Å². The van der Waals surface area contributed by atoms with Gasteiger partial charge in [-0.05, 0) is 12.8 Å². The molecule has 1 heterocycles. The van der Waals surface area contributed by atoms with Crippen molar-refractivity contribution in [1.29, 1.82) is 0 Å². The summed E-state index contributed by atoms with van der Waals surface area (Å²) in [5.74, 6) is 0. The van der Waals surface area contributed by atoms with E-state index in [1.807, 2.05) is 12.1 Å². The molecular weight excluding hydrogens is 294 g/mol. The van der Waals surface area contributed by atoms with Crippen LogP contribution in [0.3, 0.4) is 0 Å². The zero-order valence-electron chi connectivity index (χ0n) is 12.1. The Kier molecular flexibility index (Phi) is 7.04. The fourth-order valence-corrected chi connectivity index (χ4v) is 2.77. The molecule has 2 N–H and O–H groups in total. The van der Waals surface area contributed by atoms with Gasteiger partial charge >= 0.3 is 0 Å². The molecule has 2 atom stereocenters. The molecule has 0 radical (unpaired) electrons. The normalized spacial score (nSPS) is 22.6. The van der Waals surface area contributed by atoms with E-state index >= 15 is 0 Å². The molecule has 0 saturated carbocycles. The van der Waals surface area contributed by atoms with Crippen molar-refractivity contribution in [3.63, 3.8) is 0 Å². The number of hydrogen-bond donors (Lipinski definition) is 1. The van der Waals surface area contributed by atoms with Gasteiger partial charge in [-0.1, -0.05) is 18.2 Å². The highest BCUT2D eigenvalue weighted by molar-refractivity contribution is 5.85. The van der Waals surface area contributed by atoms with E-state index in [1.54, 1.807) is 19.2 Å². The molecule has 0 bridgehead atoms. The Labute approximate surface area is 130 Å².